The van der Waals surface area contributed by atoms with E-state index < -0.39 is 0 Å². The van der Waals surface area contributed by atoms with Crippen molar-refractivity contribution in [2.24, 2.45) is 5.92 Å². The lowest BCUT2D eigenvalue weighted by Crippen LogP contribution is -2.38. The zero-order chi connectivity index (χ0) is 20.1. The number of hydrogen-bond acceptors (Lipinski definition) is 3. The van der Waals surface area contributed by atoms with Crippen molar-refractivity contribution in [2.45, 2.75) is 53.9 Å². The van der Waals surface area contributed by atoms with Gasteiger partial charge in [-0.1, -0.05) is 19.9 Å². The van der Waals surface area contributed by atoms with Gasteiger partial charge in [-0.05, 0) is 55.4 Å². The van der Waals surface area contributed by atoms with Crippen LogP contribution in [0.2, 0.25) is 0 Å². The van der Waals surface area contributed by atoms with Gasteiger partial charge in [0.2, 0.25) is 11.8 Å². The molecular weight excluding hydrogens is 340 g/mol. The fraction of sp³-hybridized carbons (Fsp3) is 0.636. The zero-order valence-electron chi connectivity index (χ0n) is 17.7. The summed E-state index contributed by atoms with van der Waals surface area (Å²) in [5.41, 5.74) is 4.34. The summed E-state index contributed by atoms with van der Waals surface area (Å²) in [5, 5.41) is 0. The number of carbonyl (C=O) groups excluding carboxylic acids is 2. The van der Waals surface area contributed by atoms with E-state index in [2.05, 4.69) is 26.8 Å². The van der Waals surface area contributed by atoms with Crippen molar-refractivity contribution in [3.63, 3.8) is 0 Å². The second-order valence-corrected chi connectivity index (χ2v) is 8.03. The quantitative estimate of drug-likeness (QED) is 0.795. The van der Waals surface area contributed by atoms with E-state index in [9.17, 15) is 9.59 Å². The van der Waals surface area contributed by atoms with Crippen molar-refractivity contribution in [3.05, 3.63) is 28.3 Å². The van der Waals surface area contributed by atoms with Crippen LogP contribution in [0.4, 0.5) is 0 Å². The number of amides is 2. The van der Waals surface area contributed by atoms with Gasteiger partial charge in [0.1, 0.15) is 5.75 Å². The molecule has 1 aliphatic heterocycles. The van der Waals surface area contributed by atoms with Crippen molar-refractivity contribution in [1.29, 1.82) is 0 Å². The molecule has 0 atom stereocenters. The Morgan fingerprint density at radius 3 is 2.15 bits per heavy atom. The van der Waals surface area contributed by atoms with Crippen LogP contribution in [0, 0.1) is 26.7 Å². The van der Waals surface area contributed by atoms with Crippen LogP contribution in [-0.4, -0.2) is 54.9 Å². The number of aryl methyl sites for hydroxylation is 1. The summed E-state index contributed by atoms with van der Waals surface area (Å²) in [7, 11) is 1.68. The summed E-state index contributed by atoms with van der Waals surface area (Å²) in [6, 6.07) is 2.06. The predicted octanol–water partition coefficient (Wildman–Crippen LogP) is 3.27. The lowest BCUT2D eigenvalue weighted by molar-refractivity contribution is -0.133. The maximum atomic E-state index is 12.9. The number of carbonyl (C=O) groups is 2. The van der Waals surface area contributed by atoms with E-state index in [4.69, 9.17) is 4.74 Å². The molecule has 1 aromatic rings. The number of ether oxygens (including phenoxy) is 1. The van der Waals surface area contributed by atoms with E-state index in [0.717, 1.165) is 47.5 Å². The Labute approximate surface area is 163 Å². The van der Waals surface area contributed by atoms with E-state index in [-0.39, 0.29) is 11.8 Å². The maximum absolute atomic E-state index is 12.9. The average Bonchev–Trinajstić information content (AvgIpc) is 2.85. The Hall–Kier alpha value is -2.04. The lowest BCUT2D eigenvalue weighted by atomic mass is 9.96. The number of hydrogen-bond donors (Lipinski definition) is 0. The first kappa shape index (κ1) is 21.3. The van der Waals surface area contributed by atoms with Crippen LogP contribution in [0.1, 0.15) is 48.9 Å². The first-order chi connectivity index (χ1) is 12.7. The molecule has 1 aliphatic rings. The van der Waals surface area contributed by atoms with Crippen LogP contribution in [0.5, 0.6) is 5.75 Å². The molecule has 0 radical (unpaired) electrons. The van der Waals surface area contributed by atoms with Crippen molar-refractivity contribution >= 4 is 11.8 Å². The van der Waals surface area contributed by atoms with Gasteiger partial charge in [0.25, 0.3) is 0 Å². The molecule has 0 saturated carbocycles. The minimum atomic E-state index is 0.139. The smallest absolute Gasteiger partial charge is 0.227 e. The fourth-order valence-electron chi connectivity index (χ4n) is 3.81. The van der Waals surface area contributed by atoms with Crippen molar-refractivity contribution in [3.8, 4) is 5.75 Å². The van der Waals surface area contributed by atoms with Crippen LogP contribution < -0.4 is 4.74 Å². The van der Waals surface area contributed by atoms with Gasteiger partial charge in [-0.2, -0.15) is 0 Å². The normalized spacial score (nSPS) is 15.1. The third-order valence-electron chi connectivity index (χ3n) is 5.46. The Morgan fingerprint density at radius 1 is 1.00 bits per heavy atom. The SMILES string of the molecule is COc1c(C)cc(CC(=O)N2CCCN(C(=O)CC(C)C)CC2)c(C)c1C. The maximum Gasteiger partial charge on any atom is 0.227 e. The first-order valence-electron chi connectivity index (χ1n) is 9.93. The number of rotatable bonds is 5. The van der Waals surface area contributed by atoms with Crippen LogP contribution in [0.3, 0.4) is 0 Å². The molecule has 0 unspecified atom stereocenters. The van der Waals surface area contributed by atoms with Gasteiger partial charge in [-0.25, -0.2) is 0 Å². The van der Waals surface area contributed by atoms with Crippen molar-refractivity contribution in [2.75, 3.05) is 33.3 Å². The second-order valence-electron chi connectivity index (χ2n) is 8.03. The summed E-state index contributed by atoms with van der Waals surface area (Å²) >= 11 is 0. The highest BCUT2D eigenvalue weighted by molar-refractivity contribution is 5.80. The molecule has 0 N–H and O–H groups in total. The highest BCUT2D eigenvalue weighted by Crippen LogP contribution is 2.29. The molecule has 0 aliphatic carbocycles. The van der Waals surface area contributed by atoms with Gasteiger partial charge in [-0.15, -0.1) is 0 Å². The molecule has 0 aromatic heterocycles. The molecule has 2 rings (SSSR count). The third kappa shape index (κ3) is 5.24. The highest BCUT2D eigenvalue weighted by atomic mass is 16.5. The average molecular weight is 375 g/mol. The van der Waals surface area contributed by atoms with Crippen LogP contribution >= 0.6 is 0 Å². The molecule has 150 valence electrons. The van der Waals surface area contributed by atoms with Crippen molar-refractivity contribution < 1.29 is 14.3 Å². The second kappa shape index (κ2) is 9.25. The van der Waals surface area contributed by atoms with Gasteiger partial charge in [0, 0.05) is 32.6 Å². The standard InChI is InChI=1S/C22H34N2O3/c1-15(2)12-20(25)23-8-7-9-24(11-10-23)21(26)14-19-13-16(3)22(27-6)18(5)17(19)4/h13,15H,7-12,14H2,1-6H3. The summed E-state index contributed by atoms with van der Waals surface area (Å²) in [4.78, 5) is 29.0. The molecule has 1 saturated heterocycles. The topological polar surface area (TPSA) is 49.9 Å². The predicted molar refractivity (Wildman–Crippen MR) is 108 cm³/mol. The largest absolute Gasteiger partial charge is 0.496 e. The molecule has 0 bridgehead atoms. The first-order valence-corrected chi connectivity index (χ1v) is 9.93. The zero-order valence-corrected chi connectivity index (χ0v) is 17.7. The summed E-state index contributed by atoms with van der Waals surface area (Å²) in [5.74, 6) is 1.61. The van der Waals surface area contributed by atoms with Gasteiger partial charge < -0.3 is 14.5 Å². The monoisotopic (exact) mass is 374 g/mol. The Kier molecular flexibility index (Phi) is 7.28. The van der Waals surface area contributed by atoms with Gasteiger partial charge in [-0.3, -0.25) is 9.59 Å². The van der Waals surface area contributed by atoms with E-state index in [1.165, 1.54) is 0 Å². The van der Waals surface area contributed by atoms with E-state index in [0.29, 0.717) is 31.8 Å². The van der Waals surface area contributed by atoms with Gasteiger partial charge in [0.15, 0.2) is 0 Å². The molecular formula is C22H34N2O3. The third-order valence-corrected chi connectivity index (χ3v) is 5.46. The molecule has 1 aromatic carbocycles. The van der Waals surface area contributed by atoms with Gasteiger partial charge in [0.05, 0.1) is 13.5 Å². The van der Waals surface area contributed by atoms with E-state index >= 15 is 0 Å². The number of nitrogens with zero attached hydrogens (tertiary/aromatic N) is 2. The molecule has 5 nitrogen and oxygen atoms in total. The fourth-order valence-corrected chi connectivity index (χ4v) is 3.81. The molecule has 27 heavy (non-hydrogen) atoms. The minimum absolute atomic E-state index is 0.139. The summed E-state index contributed by atoms with van der Waals surface area (Å²) in [6.45, 7) is 13.0. The summed E-state index contributed by atoms with van der Waals surface area (Å²) in [6.07, 6.45) is 1.82. The lowest BCUT2D eigenvalue weighted by Gasteiger charge is -2.23. The molecule has 0 spiro atoms. The Bertz CT molecular complexity index is 697. The Morgan fingerprint density at radius 2 is 1.59 bits per heavy atom. The molecule has 1 heterocycles. The van der Waals surface area contributed by atoms with Crippen LogP contribution in [-0.2, 0) is 16.0 Å². The van der Waals surface area contributed by atoms with Gasteiger partial charge >= 0.3 is 0 Å². The number of methoxy groups -OCH3 is 1. The molecule has 2 amide bonds. The van der Waals surface area contributed by atoms with Crippen LogP contribution in [0.15, 0.2) is 6.07 Å². The minimum Gasteiger partial charge on any atom is -0.496 e. The van der Waals surface area contributed by atoms with E-state index in [1.807, 2.05) is 23.6 Å². The summed E-state index contributed by atoms with van der Waals surface area (Å²) < 4.78 is 5.48. The highest BCUT2D eigenvalue weighted by Gasteiger charge is 2.23. The molecule has 1 fully saturated rings. The molecule has 5 heteroatoms. The van der Waals surface area contributed by atoms with Crippen molar-refractivity contribution in [1.82, 2.24) is 9.80 Å². The van der Waals surface area contributed by atoms with E-state index in [1.54, 1.807) is 7.11 Å². The Balaban J connectivity index is 2.04. The number of benzene rings is 1. The van der Waals surface area contributed by atoms with Crippen LogP contribution in [0.25, 0.3) is 0 Å².